The van der Waals surface area contributed by atoms with Crippen LogP contribution >= 0.6 is 15.9 Å². The first-order chi connectivity index (χ1) is 10.1. The summed E-state index contributed by atoms with van der Waals surface area (Å²) in [6, 6.07) is 12.1. The van der Waals surface area contributed by atoms with Crippen LogP contribution in [0.1, 0.15) is 0 Å². The predicted octanol–water partition coefficient (Wildman–Crippen LogP) is 3.19. The van der Waals surface area contributed by atoms with E-state index in [1.165, 1.54) is 18.6 Å². The Morgan fingerprint density at radius 2 is 1.95 bits per heavy atom. The zero-order chi connectivity index (χ0) is 14.9. The minimum absolute atomic E-state index is 0.187. The molecular formula is C14H10BrN3O2S. The summed E-state index contributed by atoms with van der Waals surface area (Å²) in [4.78, 5) is 7.79. The van der Waals surface area contributed by atoms with Crippen LogP contribution < -0.4 is 4.72 Å². The van der Waals surface area contributed by atoms with E-state index in [2.05, 4.69) is 30.6 Å². The summed E-state index contributed by atoms with van der Waals surface area (Å²) < 4.78 is 28.0. The lowest BCUT2D eigenvalue weighted by molar-refractivity contribution is 0.601. The van der Waals surface area contributed by atoms with Gasteiger partial charge in [-0.1, -0.05) is 34.1 Å². The highest BCUT2D eigenvalue weighted by Crippen LogP contribution is 2.26. The topological polar surface area (TPSA) is 72.0 Å². The van der Waals surface area contributed by atoms with Crippen LogP contribution in [-0.2, 0) is 10.0 Å². The molecule has 106 valence electrons. The average molecular weight is 364 g/mol. The Morgan fingerprint density at radius 3 is 2.71 bits per heavy atom. The van der Waals surface area contributed by atoms with Gasteiger partial charge in [0.05, 0.1) is 4.90 Å². The molecule has 3 aromatic rings. The van der Waals surface area contributed by atoms with E-state index in [9.17, 15) is 8.42 Å². The Balaban J connectivity index is 2.03. The molecule has 2 aromatic carbocycles. The van der Waals surface area contributed by atoms with Crippen molar-refractivity contribution in [2.24, 2.45) is 0 Å². The Kier molecular flexibility index (Phi) is 3.60. The van der Waals surface area contributed by atoms with Gasteiger partial charge < -0.3 is 0 Å². The largest absolute Gasteiger partial charge is 0.263 e. The van der Waals surface area contributed by atoms with Gasteiger partial charge >= 0.3 is 0 Å². The highest BCUT2D eigenvalue weighted by molar-refractivity contribution is 9.10. The summed E-state index contributed by atoms with van der Waals surface area (Å²) in [5.74, 6) is 0.235. The average Bonchev–Trinajstić information content (AvgIpc) is 2.48. The first-order valence-corrected chi connectivity index (χ1v) is 8.31. The van der Waals surface area contributed by atoms with Crippen LogP contribution in [0.5, 0.6) is 0 Å². The van der Waals surface area contributed by atoms with E-state index < -0.39 is 10.0 Å². The quantitative estimate of drug-likeness (QED) is 0.775. The van der Waals surface area contributed by atoms with Gasteiger partial charge in [0.25, 0.3) is 10.0 Å². The zero-order valence-corrected chi connectivity index (χ0v) is 13.1. The molecule has 0 saturated heterocycles. The molecule has 0 unspecified atom stereocenters. The molecule has 5 nitrogen and oxygen atoms in total. The number of hydrogen-bond donors (Lipinski definition) is 1. The molecule has 0 fully saturated rings. The summed E-state index contributed by atoms with van der Waals surface area (Å²) in [7, 11) is -3.67. The van der Waals surface area contributed by atoms with Crippen molar-refractivity contribution in [1.82, 2.24) is 9.97 Å². The van der Waals surface area contributed by atoms with Crippen LogP contribution in [0.15, 0.2) is 64.4 Å². The van der Waals surface area contributed by atoms with E-state index >= 15 is 0 Å². The molecule has 21 heavy (non-hydrogen) atoms. The summed E-state index contributed by atoms with van der Waals surface area (Å²) in [5, 5.41) is 1.80. The summed E-state index contributed by atoms with van der Waals surface area (Å²) >= 11 is 3.44. The standard InChI is InChI=1S/C14H10BrN3O2S/c15-13-3-1-2-10-8-11(4-5-12(10)13)21(19,20)18-14-6-7-16-9-17-14/h1-9H,(H,16,17,18). The van der Waals surface area contributed by atoms with Gasteiger partial charge in [0.1, 0.15) is 12.1 Å². The SMILES string of the molecule is O=S(=O)(Nc1ccncn1)c1ccc2c(Br)cccc2c1. The van der Waals surface area contributed by atoms with E-state index in [4.69, 9.17) is 0 Å². The Bertz CT molecular complexity index is 898. The lowest BCUT2D eigenvalue weighted by Crippen LogP contribution is -2.13. The molecule has 1 aromatic heterocycles. The summed E-state index contributed by atoms with van der Waals surface area (Å²) in [6.45, 7) is 0. The van der Waals surface area contributed by atoms with Crippen LogP contribution in [0.25, 0.3) is 10.8 Å². The smallest absolute Gasteiger partial charge is 0.263 e. The van der Waals surface area contributed by atoms with Crippen LogP contribution in [-0.4, -0.2) is 18.4 Å². The van der Waals surface area contributed by atoms with E-state index in [0.29, 0.717) is 0 Å². The monoisotopic (exact) mass is 363 g/mol. The van der Waals surface area contributed by atoms with Gasteiger partial charge in [-0.2, -0.15) is 0 Å². The Labute approximate surface area is 130 Å². The maximum absolute atomic E-state index is 12.3. The second-order valence-electron chi connectivity index (χ2n) is 4.32. The number of rotatable bonds is 3. The number of hydrogen-bond acceptors (Lipinski definition) is 4. The van der Waals surface area contributed by atoms with E-state index in [1.807, 2.05) is 18.2 Å². The molecule has 0 aliphatic heterocycles. The maximum Gasteiger partial charge on any atom is 0.263 e. The third-order valence-corrected chi connectivity index (χ3v) is 4.97. The van der Waals surface area contributed by atoms with Crippen molar-refractivity contribution in [2.75, 3.05) is 4.72 Å². The molecule has 0 bridgehead atoms. The molecule has 0 amide bonds. The van der Waals surface area contributed by atoms with Crippen molar-refractivity contribution in [1.29, 1.82) is 0 Å². The van der Waals surface area contributed by atoms with Gasteiger partial charge in [0.2, 0.25) is 0 Å². The lowest BCUT2D eigenvalue weighted by Gasteiger charge is -2.08. The van der Waals surface area contributed by atoms with Crippen LogP contribution in [0.3, 0.4) is 0 Å². The minimum Gasteiger partial charge on any atom is -0.263 e. The predicted molar refractivity (Wildman–Crippen MR) is 84.5 cm³/mol. The van der Waals surface area contributed by atoms with E-state index in [-0.39, 0.29) is 10.7 Å². The number of sulfonamides is 1. The molecule has 0 atom stereocenters. The number of halogens is 1. The van der Waals surface area contributed by atoms with E-state index in [1.54, 1.807) is 18.2 Å². The number of anilines is 1. The Hall–Kier alpha value is -1.99. The molecule has 0 saturated carbocycles. The maximum atomic E-state index is 12.3. The molecule has 1 N–H and O–H groups in total. The fraction of sp³-hybridized carbons (Fsp3) is 0. The third-order valence-electron chi connectivity index (χ3n) is 2.93. The van der Waals surface area contributed by atoms with Gasteiger partial charge in [-0.3, -0.25) is 4.72 Å². The van der Waals surface area contributed by atoms with Crippen molar-refractivity contribution in [2.45, 2.75) is 4.90 Å². The molecule has 0 spiro atoms. The van der Waals surface area contributed by atoms with Crippen molar-refractivity contribution < 1.29 is 8.42 Å². The number of aromatic nitrogens is 2. The van der Waals surface area contributed by atoms with Gasteiger partial charge in [-0.05, 0) is 35.0 Å². The van der Waals surface area contributed by atoms with Gasteiger partial charge in [0, 0.05) is 10.7 Å². The molecule has 0 aliphatic rings. The van der Waals surface area contributed by atoms with Crippen molar-refractivity contribution in [3.63, 3.8) is 0 Å². The highest BCUT2D eigenvalue weighted by atomic mass is 79.9. The number of benzene rings is 2. The molecule has 3 rings (SSSR count). The normalized spacial score (nSPS) is 11.5. The molecule has 0 radical (unpaired) electrons. The zero-order valence-electron chi connectivity index (χ0n) is 10.7. The highest BCUT2D eigenvalue weighted by Gasteiger charge is 2.15. The van der Waals surface area contributed by atoms with Crippen molar-refractivity contribution in [3.05, 3.63) is 59.5 Å². The minimum atomic E-state index is -3.67. The van der Waals surface area contributed by atoms with Crippen LogP contribution in [0.4, 0.5) is 5.82 Å². The number of nitrogens with one attached hydrogen (secondary N) is 1. The molecule has 1 heterocycles. The molecule has 7 heteroatoms. The summed E-state index contributed by atoms with van der Waals surface area (Å²) in [6.07, 6.45) is 2.76. The van der Waals surface area contributed by atoms with Crippen molar-refractivity contribution in [3.8, 4) is 0 Å². The molecule has 0 aliphatic carbocycles. The fourth-order valence-electron chi connectivity index (χ4n) is 1.94. The first kappa shape index (κ1) is 14.0. The van der Waals surface area contributed by atoms with Gasteiger partial charge in [0.15, 0.2) is 0 Å². The fourth-order valence-corrected chi connectivity index (χ4v) is 3.49. The first-order valence-electron chi connectivity index (χ1n) is 6.03. The van der Waals surface area contributed by atoms with Crippen LogP contribution in [0.2, 0.25) is 0 Å². The van der Waals surface area contributed by atoms with E-state index in [0.717, 1.165) is 15.2 Å². The molecular weight excluding hydrogens is 354 g/mol. The third kappa shape index (κ3) is 2.88. The Morgan fingerprint density at radius 1 is 1.10 bits per heavy atom. The van der Waals surface area contributed by atoms with Gasteiger partial charge in [-0.25, -0.2) is 18.4 Å². The lowest BCUT2D eigenvalue weighted by atomic mass is 10.1. The summed E-state index contributed by atoms with van der Waals surface area (Å²) in [5.41, 5.74) is 0. The second-order valence-corrected chi connectivity index (χ2v) is 6.86. The van der Waals surface area contributed by atoms with Crippen LogP contribution in [0, 0.1) is 0 Å². The second kappa shape index (κ2) is 5.42. The van der Waals surface area contributed by atoms with Gasteiger partial charge in [-0.15, -0.1) is 0 Å². The number of nitrogens with zero attached hydrogens (tertiary/aromatic N) is 2. The van der Waals surface area contributed by atoms with Crippen molar-refractivity contribution >= 4 is 42.5 Å². The number of fused-ring (bicyclic) bond motifs is 1.